The molecule has 0 radical (unpaired) electrons. The molecule has 1 atom stereocenters. The summed E-state index contributed by atoms with van der Waals surface area (Å²) in [6, 6.07) is 8.51. The molecular formula is C15H15FN4. The van der Waals surface area contributed by atoms with E-state index in [0.29, 0.717) is 11.3 Å². The van der Waals surface area contributed by atoms with Crippen molar-refractivity contribution >= 4 is 0 Å². The average Bonchev–Trinajstić information content (AvgIpc) is 2.80. The van der Waals surface area contributed by atoms with Gasteiger partial charge in [-0.1, -0.05) is 12.1 Å². The van der Waals surface area contributed by atoms with E-state index in [0.717, 1.165) is 30.5 Å². The molecule has 1 unspecified atom stereocenters. The molecule has 1 aliphatic rings. The Morgan fingerprint density at radius 1 is 1.45 bits per heavy atom. The molecule has 4 nitrogen and oxygen atoms in total. The number of fused-ring (bicyclic) bond motifs is 1. The summed E-state index contributed by atoms with van der Waals surface area (Å²) in [4.78, 5) is 0. The lowest BCUT2D eigenvalue weighted by Gasteiger charge is -2.20. The van der Waals surface area contributed by atoms with Gasteiger partial charge in [-0.2, -0.15) is 10.4 Å². The number of hydrogen-bond donors (Lipinski definition) is 1. The topological polar surface area (TPSA) is 67.6 Å². The van der Waals surface area contributed by atoms with Gasteiger partial charge < -0.3 is 5.73 Å². The summed E-state index contributed by atoms with van der Waals surface area (Å²) in [6.45, 7) is 0.170. The minimum atomic E-state index is -0.310. The van der Waals surface area contributed by atoms with Gasteiger partial charge in [-0.05, 0) is 31.4 Å². The Hall–Kier alpha value is -2.19. The van der Waals surface area contributed by atoms with E-state index >= 15 is 0 Å². The zero-order valence-corrected chi connectivity index (χ0v) is 11.0. The van der Waals surface area contributed by atoms with Crippen molar-refractivity contribution < 1.29 is 4.39 Å². The molecule has 0 spiro atoms. The molecule has 0 amide bonds. The van der Waals surface area contributed by atoms with E-state index < -0.39 is 0 Å². The van der Waals surface area contributed by atoms with Gasteiger partial charge in [0.25, 0.3) is 0 Å². The molecule has 1 aromatic carbocycles. The summed E-state index contributed by atoms with van der Waals surface area (Å²) in [5.74, 6) is -0.310. The van der Waals surface area contributed by atoms with Crippen LogP contribution in [0.5, 0.6) is 0 Å². The Morgan fingerprint density at radius 3 is 3.00 bits per heavy atom. The van der Waals surface area contributed by atoms with Crippen molar-refractivity contribution in [1.29, 1.82) is 5.26 Å². The van der Waals surface area contributed by atoms with Gasteiger partial charge in [0.1, 0.15) is 18.1 Å². The van der Waals surface area contributed by atoms with Crippen molar-refractivity contribution in [3.63, 3.8) is 0 Å². The highest BCUT2D eigenvalue weighted by Gasteiger charge is 2.27. The molecule has 0 fully saturated rings. The highest BCUT2D eigenvalue weighted by Crippen LogP contribution is 2.36. The highest BCUT2D eigenvalue weighted by atomic mass is 19.1. The molecule has 2 N–H and O–H groups in total. The Balaban J connectivity index is 2.21. The van der Waals surface area contributed by atoms with Crippen LogP contribution in [0.1, 0.15) is 30.1 Å². The molecule has 3 rings (SSSR count). The lowest BCUT2D eigenvalue weighted by Crippen LogP contribution is -2.18. The second-order valence-corrected chi connectivity index (χ2v) is 5.00. The first-order valence-electron chi connectivity index (χ1n) is 6.69. The van der Waals surface area contributed by atoms with Crippen LogP contribution in [-0.2, 0) is 13.0 Å². The summed E-state index contributed by atoms with van der Waals surface area (Å²) in [6.07, 6.45) is 2.68. The zero-order chi connectivity index (χ0) is 14.1. The third kappa shape index (κ3) is 1.98. The number of nitriles is 1. The summed E-state index contributed by atoms with van der Waals surface area (Å²) in [5.41, 5.74) is 9.10. The molecule has 2 aromatic rings. The molecule has 102 valence electrons. The largest absolute Gasteiger partial charge is 0.324 e. The Kier molecular flexibility index (Phi) is 3.25. The van der Waals surface area contributed by atoms with E-state index in [2.05, 4.69) is 11.2 Å². The van der Waals surface area contributed by atoms with E-state index in [-0.39, 0.29) is 18.4 Å². The highest BCUT2D eigenvalue weighted by molar-refractivity contribution is 5.66. The molecule has 0 aliphatic heterocycles. The molecule has 0 saturated heterocycles. The fraction of sp³-hybridized carbons (Fsp3) is 0.333. The van der Waals surface area contributed by atoms with Crippen molar-refractivity contribution in [2.75, 3.05) is 0 Å². The van der Waals surface area contributed by atoms with Gasteiger partial charge in [0.15, 0.2) is 0 Å². The second kappa shape index (κ2) is 5.06. The molecule has 1 heterocycles. The molecular weight excluding hydrogens is 255 g/mol. The monoisotopic (exact) mass is 270 g/mol. The summed E-state index contributed by atoms with van der Waals surface area (Å²) >= 11 is 0. The van der Waals surface area contributed by atoms with Crippen LogP contribution in [0.3, 0.4) is 0 Å². The minimum Gasteiger partial charge on any atom is -0.324 e. The SMILES string of the molecule is N#CCn1nc(-c2ccccc2F)c2c1CCCC2N. The Labute approximate surface area is 116 Å². The summed E-state index contributed by atoms with van der Waals surface area (Å²) < 4.78 is 15.7. The van der Waals surface area contributed by atoms with Crippen LogP contribution < -0.4 is 5.73 Å². The molecule has 1 aliphatic carbocycles. The van der Waals surface area contributed by atoms with Crippen LogP contribution in [0.2, 0.25) is 0 Å². The van der Waals surface area contributed by atoms with Crippen molar-refractivity contribution in [3.8, 4) is 17.3 Å². The van der Waals surface area contributed by atoms with Crippen LogP contribution in [0, 0.1) is 17.1 Å². The van der Waals surface area contributed by atoms with Gasteiger partial charge in [0, 0.05) is 22.9 Å². The van der Waals surface area contributed by atoms with Crippen LogP contribution in [-0.4, -0.2) is 9.78 Å². The fourth-order valence-electron chi connectivity index (χ4n) is 2.85. The first-order valence-corrected chi connectivity index (χ1v) is 6.69. The summed E-state index contributed by atoms with van der Waals surface area (Å²) in [5, 5.41) is 13.3. The smallest absolute Gasteiger partial charge is 0.132 e. The first kappa shape index (κ1) is 12.8. The van der Waals surface area contributed by atoms with Gasteiger partial charge in [0.05, 0.1) is 6.07 Å². The number of hydrogen-bond acceptors (Lipinski definition) is 3. The van der Waals surface area contributed by atoms with Gasteiger partial charge in [-0.15, -0.1) is 0 Å². The van der Waals surface area contributed by atoms with Crippen molar-refractivity contribution in [3.05, 3.63) is 41.3 Å². The third-order valence-electron chi connectivity index (χ3n) is 3.75. The maximum atomic E-state index is 14.0. The molecule has 20 heavy (non-hydrogen) atoms. The number of rotatable bonds is 2. The van der Waals surface area contributed by atoms with Gasteiger partial charge in [-0.3, -0.25) is 4.68 Å². The van der Waals surface area contributed by atoms with Crippen LogP contribution >= 0.6 is 0 Å². The predicted octanol–water partition coefficient (Wildman–Crippen LogP) is 2.55. The quantitative estimate of drug-likeness (QED) is 0.911. The van der Waals surface area contributed by atoms with Crippen LogP contribution in [0.15, 0.2) is 24.3 Å². The van der Waals surface area contributed by atoms with E-state index in [1.54, 1.807) is 22.9 Å². The normalized spacial score (nSPS) is 17.6. The zero-order valence-electron chi connectivity index (χ0n) is 11.0. The van der Waals surface area contributed by atoms with Crippen molar-refractivity contribution in [2.45, 2.75) is 31.8 Å². The lowest BCUT2D eigenvalue weighted by atomic mass is 9.89. The van der Waals surface area contributed by atoms with Crippen LogP contribution in [0.25, 0.3) is 11.3 Å². The number of nitrogens with two attached hydrogens (primary N) is 1. The maximum absolute atomic E-state index is 14.0. The van der Waals surface area contributed by atoms with Crippen LogP contribution in [0.4, 0.5) is 4.39 Å². The number of halogens is 1. The maximum Gasteiger partial charge on any atom is 0.132 e. The standard InChI is InChI=1S/C15H15FN4/c16-11-5-2-1-4-10(11)15-14-12(18)6-3-7-13(14)20(19-15)9-8-17/h1-2,4-5,12H,3,6-7,9,18H2. The average molecular weight is 270 g/mol. The van der Waals surface area contributed by atoms with E-state index in [9.17, 15) is 4.39 Å². The van der Waals surface area contributed by atoms with Gasteiger partial charge >= 0.3 is 0 Å². The number of benzene rings is 1. The molecule has 1 aromatic heterocycles. The van der Waals surface area contributed by atoms with E-state index in [1.807, 2.05) is 0 Å². The van der Waals surface area contributed by atoms with Crippen molar-refractivity contribution in [1.82, 2.24) is 9.78 Å². The summed E-state index contributed by atoms with van der Waals surface area (Å²) in [7, 11) is 0. The van der Waals surface area contributed by atoms with Gasteiger partial charge in [-0.25, -0.2) is 4.39 Å². The van der Waals surface area contributed by atoms with Gasteiger partial charge in [0.2, 0.25) is 0 Å². The van der Waals surface area contributed by atoms with Crippen molar-refractivity contribution in [2.24, 2.45) is 5.73 Å². The third-order valence-corrected chi connectivity index (χ3v) is 3.75. The number of aromatic nitrogens is 2. The fourth-order valence-corrected chi connectivity index (χ4v) is 2.85. The Morgan fingerprint density at radius 2 is 2.25 bits per heavy atom. The predicted molar refractivity (Wildman–Crippen MR) is 73.1 cm³/mol. The van der Waals surface area contributed by atoms with E-state index in [4.69, 9.17) is 11.0 Å². The Bertz CT molecular complexity index is 684. The molecule has 5 heteroatoms. The minimum absolute atomic E-state index is 0.138. The molecule has 0 saturated carbocycles. The van der Waals surface area contributed by atoms with E-state index in [1.165, 1.54) is 6.07 Å². The second-order valence-electron chi connectivity index (χ2n) is 5.00. The number of nitrogens with zero attached hydrogens (tertiary/aromatic N) is 3. The molecule has 0 bridgehead atoms. The first-order chi connectivity index (χ1) is 9.72. The lowest BCUT2D eigenvalue weighted by molar-refractivity contribution is 0.541.